The van der Waals surface area contributed by atoms with E-state index in [0.29, 0.717) is 24.3 Å². The molecule has 0 unspecified atom stereocenters. The number of benzene rings is 2. The Kier molecular flexibility index (Phi) is 15.9. The molecule has 0 saturated carbocycles. The Morgan fingerprint density at radius 3 is 2.25 bits per heavy atom. The zero-order chi connectivity index (χ0) is 25.6. The van der Waals surface area contributed by atoms with Crippen molar-refractivity contribution < 1.29 is 19.4 Å². The van der Waals surface area contributed by atoms with Gasteiger partial charge < -0.3 is 15.2 Å². The number of aliphatic carboxylic acids is 1. The number of carboxylic acids is 1. The summed E-state index contributed by atoms with van der Waals surface area (Å²) in [5.74, 6) is -0.719. The van der Waals surface area contributed by atoms with Crippen LogP contribution in [0.25, 0.3) is 11.1 Å². The average molecular weight is 508 g/mol. The third kappa shape index (κ3) is 10.3. The van der Waals surface area contributed by atoms with Crippen LogP contribution in [0.5, 0.6) is 0 Å². The zero-order valence-corrected chi connectivity index (χ0v) is 22.5. The van der Waals surface area contributed by atoms with Gasteiger partial charge in [0.1, 0.15) is 6.04 Å². The van der Waals surface area contributed by atoms with Crippen LogP contribution in [0.15, 0.2) is 42.5 Å². The van der Waals surface area contributed by atoms with Crippen LogP contribution >= 0.6 is 11.8 Å². The van der Waals surface area contributed by atoms with E-state index in [2.05, 4.69) is 19.2 Å². The molecule has 5 nitrogen and oxygen atoms in total. The zero-order valence-electron chi connectivity index (χ0n) is 21.6. The Morgan fingerprint density at radius 2 is 1.67 bits per heavy atom. The van der Waals surface area contributed by atoms with Crippen molar-refractivity contribution >= 4 is 42.5 Å². The molecule has 194 valence electrons. The van der Waals surface area contributed by atoms with Gasteiger partial charge in [0.2, 0.25) is 0 Å². The maximum atomic E-state index is 13.2. The predicted molar refractivity (Wildman–Crippen MR) is 153 cm³/mol. The summed E-state index contributed by atoms with van der Waals surface area (Å²) in [7, 11) is 0. The van der Waals surface area contributed by atoms with Crippen molar-refractivity contribution in [1.29, 1.82) is 0 Å². The Hall–Kier alpha value is -1.71. The van der Waals surface area contributed by atoms with Crippen molar-refractivity contribution in [1.82, 2.24) is 5.32 Å². The summed E-state index contributed by atoms with van der Waals surface area (Å²) in [5.41, 5.74) is 4.31. The quantitative estimate of drug-likeness (QED) is 0.264. The van der Waals surface area contributed by atoms with E-state index in [1.54, 1.807) is 17.8 Å². The third-order valence-electron chi connectivity index (χ3n) is 6.22. The number of carboxylic acid groups (broad SMARTS) is 1. The van der Waals surface area contributed by atoms with Crippen LogP contribution in [0.1, 0.15) is 80.3 Å². The molecular weight excluding hydrogens is 465 g/mol. The monoisotopic (exact) mass is 507 g/mol. The fourth-order valence-corrected chi connectivity index (χ4v) is 4.57. The molecule has 1 amide bonds. The molecule has 0 heterocycles. The van der Waals surface area contributed by atoms with E-state index in [1.165, 1.54) is 0 Å². The first kappa shape index (κ1) is 32.3. The van der Waals surface area contributed by atoms with Crippen molar-refractivity contribution in [2.75, 3.05) is 12.0 Å². The van der Waals surface area contributed by atoms with E-state index in [-0.39, 0.29) is 30.9 Å². The summed E-state index contributed by atoms with van der Waals surface area (Å²) in [6.07, 6.45) is 9.29. The van der Waals surface area contributed by atoms with Gasteiger partial charge in [-0.3, -0.25) is 4.79 Å². The number of rotatable bonds is 16. The fourth-order valence-electron chi connectivity index (χ4n) is 4.09. The standard InChI is InChI=1S/C29H41NO4S.Li.H/c1-5-7-12-23(13-8-6-2)34-20-22-15-16-25(26(19-22)24-14-10-9-11-21(24)3)28(31)30-27(29(32)33)17-18-35-4;;/h9-11,14-16,19,23,27H,5-8,12-13,17-18,20H2,1-4H3,(H,30,31)(H,32,33);;/t27-;;/m0../s1. The second-order valence-electron chi connectivity index (χ2n) is 9.06. The Bertz CT molecular complexity index is 945. The molecule has 2 aromatic carbocycles. The average Bonchev–Trinajstić information content (AvgIpc) is 2.86. The summed E-state index contributed by atoms with van der Waals surface area (Å²) in [5, 5.41) is 12.3. The van der Waals surface area contributed by atoms with Gasteiger partial charge >= 0.3 is 24.8 Å². The number of aryl methyl sites for hydroxylation is 1. The summed E-state index contributed by atoms with van der Waals surface area (Å²) in [6.45, 7) is 6.91. The van der Waals surface area contributed by atoms with Crippen LogP contribution in [0.2, 0.25) is 0 Å². The van der Waals surface area contributed by atoms with Crippen LogP contribution in [0, 0.1) is 6.92 Å². The van der Waals surface area contributed by atoms with Crippen LogP contribution in [0.4, 0.5) is 0 Å². The number of nitrogens with one attached hydrogen (secondary N) is 1. The van der Waals surface area contributed by atoms with Gasteiger partial charge in [0.05, 0.1) is 12.7 Å². The molecule has 36 heavy (non-hydrogen) atoms. The molecule has 0 aliphatic carbocycles. The molecule has 1 atom stereocenters. The first-order chi connectivity index (χ1) is 16.9. The molecule has 0 aliphatic rings. The molecule has 2 rings (SSSR count). The van der Waals surface area contributed by atoms with Crippen molar-refractivity contribution in [3.8, 4) is 11.1 Å². The summed E-state index contributed by atoms with van der Waals surface area (Å²) in [6, 6.07) is 12.8. The van der Waals surface area contributed by atoms with Crippen molar-refractivity contribution in [2.24, 2.45) is 0 Å². The first-order valence-corrected chi connectivity index (χ1v) is 14.1. The van der Waals surface area contributed by atoms with Crippen LogP contribution < -0.4 is 5.32 Å². The summed E-state index contributed by atoms with van der Waals surface area (Å²) in [4.78, 5) is 24.9. The van der Waals surface area contributed by atoms with Gasteiger partial charge in [-0.05, 0) is 72.6 Å². The molecule has 0 fully saturated rings. The van der Waals surface area contributed by atoms with Gasteiger partial charge in [0.15, 0.2) is 0 Å². The number of ether oxygens (including phenoxy) is 1. The fraction of sp³-hybridized carbons (Fsp3) is 0.517. The molecular formula is C29H42LiNO4S. The number of hydrogen-bond acceptors (Lipinski definition) is 4. The third-order valence-corrected chi connectivity index (χ3v) is 6.87. The van der Waals surface area contributed by atoms with Crippen LogP contribution in [-0.4, -0.2) is 60.0 Å². The molecule has 7 heteroatoms. The normalized spacial score (nSPS) is 11.7. The Labute approximate surface area is 233 Å². The van der Waals surface area contributed by atoms with Crippen LogP contribution in [0.3, 0.4) is 0 Å². The van der Waals surface area contributed by atoms with Gasteiger partial charge in [-0.25, -0.2) is 4.79 Å². The number of carbonyl (C=O) groups is 2. The molecule has 0 radical (unpaired) electrons. The summed E-state index contributed by atoms with van der Waals surface area (Å²) < 4.78 is 6.31. The molecule has 0 aromatic heterocycles. The van der Waals surface area contributed by atoms with Gasteiger partial charge in [-0.15, -0.1) is 0 Å². The SMILES string of the molecule is CCCCC(CCCC)OCc1ccc(C(=O)N[C@@H](CCSC)C(=O)O)c(-c2ccccc2C)c1.[LiH]. The van der Waals surface area contributed by atoms with E-state index in [9.17, 15) is 14.7 Å². The minimum atomic E-state index is -1.01. The van der Waals surface area contributed by atoms with Gasteiger partial charge in [-0.2, -0.15) is 11.8 Å². The molecule has 2 N–H and O–H groups in total. The predicted octanol–water partition coefficient (Wildman–Crippen LogP) is 6.22. The van der Waals surface area contributed by atoms with E-state index >= 15 is 0 Å². The first-order valence-electron chi connectivity index (χ1n) is 12.7. The number of carbonyl (C=O) groups excluding carboxylic acids is 1. The second-order valence-corrected chi connectivity index (χ2v) is 10.0. The van der Waals surface area contributed by atoms with Gasteiger partial charge in [-0.1, -0.05) is 69.9 Å². The van der Waals surface area contributed by atoms with E-state index in [0.717, 1.165) is 60.8 Å². The number of hydrogen-bond donors (Lipinski definition) is 2. The topological polar surface area (TPSA) is 75.6 Å². The second kappa shape index (κ2) is 17.7. The van der Waals surface area contributed by atoms with Crippen LogP contribution in [-0.2, 0) is 16.1 Å². The number of thioether (sulfide) groups is 1. The molecule has 0 saturated heterocycles. The Morgan fingerprint density at radius 1 is 1.00 bits per heavy atom. The molecule has 0 spiro atoms. The molecule has 0 bridgehead atoms. The molecule has 0 aliphatic heterocycles. The van der Waals surface area contributed by atoms with E-state index < -0.39 is 12.0 Å². The van der Waals surface area contributed by atoms with E-state index in [4.69, 9.17) is 4.74 Å². The van der Waals surface area contributed by atoms with Crippen molar-refractivity contribution in [3.63, 3.8) is 0 Å². The van der Waals surface area contributed by atoms with Gasteiger partial charge in [0, 0.05) is 5.56 Å². The number of unbranched alkanes of at least 4 members (excludes halogenated alkanes) is 2. The van der Waals surface area contributed by atoms with E-state index in [1.807, 2.05) is 49.6 Å². The number of amides is 1. The molecule has 2 aromatic rings. The van der Waals surface area contributed by atoms with Crippen molar-refractivity contribution in [2.45, 2.75) is 84.5 Å². The summed E-state index contributed by atoms with van der Waals surface area (Å²) >= 11 is 1.56. The van der Waals surface area contributed by atoms with Gasteiger partial charge in [0.25, 0.3) is 5.91 Å². The van der Waals surface area contributed by atoms with Crippen molar-refractivity contribution in [3.05, 3.63) is 59.2 Å². The Balaban J connectivity index is 0.00000648. The minimum absolute atomic E-state index is 0. The maximum absolute atomic E-state index is 13.2.